The third-order valence-corrected chi connectivity index (χ3v) is 5.96. The van der Waals surface area contributed by atoms with E-state index in [0.717, 1.165) is 33.3 Å². The third-order valence-electron chi connectivity index (χ3n) is 5.96. The van der Waals surface area contributed by atoms with E-state index in [1.54, 1.807) is 12.3 Å². The Hall–Kier alpha value is -3.80. The summed E-state index contributed by atoms with van der Waals surface area (Å²) in [6.45, 7) is 4.05. The highest BCUT2D eigenvalue weighted by molar-refractivity contribution is 5.85. The molecule has 2 heterocycles. The first-order valence-corrected chi connectivity index (χ1v) is 11.0. The van der Waals surface area contributed by atoms with Crippen LogP contribution in [0.25, 0.3) is 22.0 Å². The SMILES string of the molecule is Cc1cnc(C)c(-c2ccc(F)c3c2O[C@H](CNC(=O)Cc2ccc4ccccc4c2)C3)n1. The molecule has 0 spiro atoms. The van der Waals surface area contributed by atoms with Crippen molar-refractivity contribution in [1.29, 1.82) is 0 Å². The fraction of sp³-hybridized carbons (Fsp3) is 0.222. The second kappa shape index (κ2) is 8.62. The topological polar surface area (TPSA) is 64.1 Å². The summed E-state index contributed by atoms with van der Waals surface area (Å²) in [5.41, 5.74) is 4.42. The Morgan fingerprint density at radius 3 is 2.79 bits per heavy atom. The summed E-state index contributed by atoms with van der Waals surface area (Å²) >= 11 is 0. The Morgan fingerprint density at radius 1 is 1.12 bits per heavy atom. The molecule has 166 valence electrons. The van der Waals surface area contributed by atoms with E-state index in [0.29, 0.717) is 30.0 Å². The monoisotopic (exact) mass is 441 g/mol. The second-order valence-electron chi connectivity index (χ2n) is 8.45. The van der Waals surface area contributed by atoms with Gasteiger partial charge in [-0.15, -0.1) is 0 Å². The van der Waals surface area contributed by atoms with Crippen LogP contribution in [-0.4, -0.2) is 28.5 Å². The number of benzene rings is 3. The van der Waals surface area contributed by atoms with E-state index in [-0.39, 0.29) is 24.2 Å². The molecule has 1 aliphatic heterocycles. The molecule has 1 aliphatic rings. The molecule has 5 nitrogen and oxygen atoms in total. The molecule has 0 fully saturated rings. The predicted molar refractivity (Wildman–Crippen MR) is 126 cm³/mol. The van der Waals surface area contributed by atoms with Crippen molar-refractivity contribution in [2.45, 2.75) is 32.8 Å². The van der Waals surface area contributed by atoms with Gasteiger partial charge in [0.15, 0.2) is 0 Å². The van der Waals surface area contributed by atoms with E-state index >= 15 is 0 Å². The molecule has 5 rings (SSSR count). The third kappa shape index (κ3) is 4.29. The standard InChI is InChI=1S/C27H24FN3O2/c1-16-14-29-17(2)26(31-16)22-9-10-24(28)23-13-21(33-27(22)23)15-30-25(32)12-18-7-8-19-5-3-4-6-20(19)11-18/h3-11,14,21H,12-13,15H2,1-2H3,(H,30,32)/t21-/m0/s1. The minimum absolute atomic E-state index is 0.0917. The second-order valence-corrected chi connectivity index (χ2v) is 8.45. The first kappa shape index (κ1) is 21.1. The number of halogens is 1. The highest BCUT2D eigenvalue weighted by atomic mass is 19.1. The van der Waals surface area contributed by atoms with Crippen molar-refractivity contribution < 1.29 is 13.9 Å². The lowest BCUT2D eigenvalue weighted by Crippen LogP contribution is -2.35. The van der Waals surface area contributed by atoms with Gasteiger partial charge in [-0.3, -0.25) is 9.78 Å². The quantitative estimate of drug-likeness (QED) is 0.487. The molecular formula is C27H24FN3O2. The predicted octanol–water partition coefficient (Wildman–Crippen LogP) is 4.72. The number of ether oxygens (including phenoxy) is 1. The summed E-state index contributed by atoms with van der Waals surface area (Å²) < 4.78 is 20.7. The lowest BCUT2D eigenvalue weighted by molar-refractivity contribution is -0.120. The van der Waals surface area contributed by atoms with Crippen LogP contribution in [-0.2, 0) is 17.6 Å². The normalized spacial score (nSPS) is 14.7. The highest BCUT2D eigenvalue weighted by Crippen LogP contribution is 2.40. The summed E-state index contributed by atoms with van der Waals surface area (Å²) in [5, 5.41) is 5.19. The number of carbonyl (C=O) groups excluding carboxylic acids is 1. The molecule has 4 aromatic rings. The molecule has 0 saturated carbocycles. The average Bonchev–Trinajstić information content (AvgIpc) is 3.25. The minimum Gasteiger partial charge on any atom is -0.487 e. The summed E-state index contributed by atoms with van der Waals surface area (Å²) in [5.74, 6) is 0.0923. The molecule has 0 radical (unpaired) electrons. The number of amides is 1. The molecule has 0 unspecified atom stereocenters. The van der Waals surface area contributed by atoms with Crippen molar-refractivity contribution in [3.05, 3.63) is 89.1 Å². The van der Waals surface area contributed by atoms with Crippen molar-refractivity contribution in [3.63, 3.8) is 0 Å². The van der Waals surface area contributed by atoms with Crippen molar-refractivity contribution in [3.8, 4) is 17.0 Å². The van der Waals surface area contributed by atoms with Gasteiger partial charge >= 0.3 is 0 Å². The van der Waals surface area contributed by atoms with Crippen LogP contribution in [0.3, 0.4) is 0 Å². The largest absolute Gasteiger partial charge is 0.487 e. The maximum atomic E-state index is 14.6. The van der Waals surface area contributed by atoms with Crippen molar-refractivity contribution in [2.24, 2.45) is 0 Å². The van der Waals surface area contributed by atoms with Gasteiger partial charge in [0, 0.05) is 23.7 Å². The smallest absolute Gasteiger partial charge is 0.224 e. The van der Waals surface area contributed by atoms with Gasteiger partial charge in [-0.25, -0.2) is 9.37 Å². The van der Waals surface area contributed by atoms with E-state index in [2.05, 4.69) is 15.3 Å². The van der Waals surface area contributed by atoms with Gasteiger partial charge < -0.3 is 10.1 Å². The first-order chi connectivity index (χ1) is 16.0. The Bertz CT molecular complexity index is 1370. The molecule has 3 aromatic carbocycles. The van der Waals surface area contributed by atoms with E-state index in [4.69, 9.17) is 4.74 Å². The van der Waals surface area contributed by atoms with Gasteiger partial charge in [0.2, 0.25) is 5.91 Å². The number of carbonyl (C=O) groups is 1. The zero-order valence-electron chi connectivity index (χ0n) is 18.6. The van der Waals surface area contributed by atoms with Gasteiger partial charge in [0.05, 0.1) is 30.0 Å². The summed E-state index contributed by atoms with van der Waals surface area (Å²) in [4.78, 5) is 21.5. The lowest BCUT2D eigenvalue weighted by Gasteiger charge is -2.14. The molecule has 33 heavy (non-hydrogen) atoms. The zero-order valence-corrected chi connectivity index (χ0v) is 18.6. The number of nitrogens with one attached hydrogen (secondary N) is 1. The van der Waals surface area contributed by atoms with E-state index in [1.807, 2.05) is 56.3 Å². The maximum Gasteiger partial charge on any atom is 0.224 e. The van der Waals surface area contributed by atoms with Gasteiger partial charge in [0.1, 0.15) is 17.7 Å². The van der Waals surface area contributed by atoms with Gasteiger partial charge in [-0.1, -0.05) is 42.5 Å². The molecule has 0 saturated heterocycles. The zero-order chi connectivity index (χ0) is 22.9. The first-order valence-electron chi connectivity index (χ1n) is 11.0. The highest BCUT2D eigenvalue weighted by Gasteiger charge is 2.30. The Labute approximate surface area is 191 Å². The summed E-state index contributed by atoms with van der Waals surface area (Å²) in [6.07, 6.45) is 2.04. The lowest BCUT2D eigenvalue weighted by atomic mass is 10.0. The molecule has 1 amide bonds. The number of aromatic nitrogens is 2. The van der Waals surface area contributed by atoms with Crippen LogP contribution in [0.2, 0.25) is 0 Å². The number of fused-ring (bicyclic) bond motifs is 2. The van der Waals surface area contributed by atoms with Crippen LogP contribution >= 0.6 is 0 Å². The van der Waals surface area contributed by atoms with Gasteiger partial charge in [-0.05, 0) is 42.3 Å². The van der Waals surface area contributed by atoms with Crippen molar-refractivity contribution >= 4 is 16.7 Å². The van der Waals surface area contributed by atoms with Crippen molar-refractivity contribution in [1.82, 2.24) is 15.3 Å². The van der Waals surface area contributed by atoms with Crippen molar-refractivity contribution in [2.75, 3.05) is 6.54 Å². The minimum atomic E-state index is -0.339. The van der Waals surface area contributed by atoms with Crippen LogP contribution in [0.5, 0.6) is 5.75 Å². The fourth-order valence-electron chi connectivity index (χ4n) is 4.28. The average molecular weight is 442 g/mol. The number of nitrogens with zero attached hydrogens (tertiary/aromatic N) is 2. The van der Waals surface area contributed by atoms with E-state index in [1.165, 1.54) is 6.07 Å². The molecule has 0 bridgehead atoms. The van der Waals surface area contributed by atoms with Gasteiger partial charge in [0.25, 0.3) is 0 Å². The molecule has 1 N–H and O–H groups in total. The summed E-state index contributed by atoms with van der Waals surface area (Å²) in [7, 11) is 0. The Kier molecular flexibility index (Phi) is 5.50. The molecular weight excluding hydrogens is 417 g/mol. The number of hydrogen-bond acceptors (Lipinski definition) is 4. The molecule has 1 atom stereocenters. The number of rotatable bonds is 5. The van der Waals surface area contributed by atoms with Crippen LogP contribution < -0.4 is 10.1 Å². The summed E-state index contributed by atoms with van der Waals surface area (Å²) in [6, 6.07) is 17.2. The van der Waals surface area contributed by atoms with Crippen LogP contribution in [0.1, 0.15) is 22.5 Å². The Balaban J connectivity index is 1.27. The van der Waals surface area contributed by atoms with E-state index in [9.17, 15) is 9.18 Å². The van der Waals surface area contributed by atoms with Crippen LogP contribution in [0.15, 0.2) is 60.8 Å². The maximum absolute atomic E-state index is 14.6. The fourth-order valence-corrected chi connectivity index (χ4v) is 4.28. The van der Waals surface area contributed by atoms with E-state index < -0.39 is 0 Å². The molecule has 0 aliphatic carbocycles. The number of aryl methyl sites for hydroxylation is 2. The molecule has 6 heteroatoms. The Morgan fingerprint density at radius 2 is 1.94 bits per heavy atom. The van der Waals surface area contributed by atoms with Crippen LogP contribution in [0.4, 0.5) is 4.39 Å². The molecule has 1 aromatic heterocycles. The number of hydrogen-bond donors (Lipinski definition) is 1. The van der Waals surface area contributed by atoms with Crippen LogP contribution in [0, 0.1) is 19.7 Å². The van der Waals surface area contributed by atoms with Gasteiger partial charge in [-0.2, -0.15) is 0 Å².